The molecule has 2 aromatic heterocycles. The summed E-state index contributed by atoms with van der Waals surface area (Å²) in [7, 11) is 0. The van der Waals surface area contributed by atoms with Gasteiger partial charge in [0.25, 0.3) is 5.91 Å². The van der Waals surface area contributed by atoms with Crippen LogP contribution in [0.3, 0.4) is 0 Å². The number of nitrogens with one attached hydrogen (secondary N) is 1. The maximum atomic E-state index is 12.7. The normalized spacial score (nSPS) is 16.3. The van der Waals surface area contributed by atoms with Gasteiger partial charge in [0.2, 0.25) is 0 Å². The van der Waals surface area contributed by atoms with Crippen LogP contribution in [0.1, 0.15) is 30.3 Å². The van der Waals surface area contributed by atoms with Crippen molar-refractivity contribution in [2.45, 2.75) is 25.3 Å². The van der Waals surface area contributed by atoms with Crippen LogP contribution < -0.4 is 16.0 Å². The molecule has 7 heteroatoms. The van der Waals surface area contributed by atoms with E-state index in [0.717, 1.165) is 47.2 Å². The molecule has 1 fully saturated rings. The van der Waals surface area contributed by atoms with E-state index in [9.17, 15) is 4.79 Å². The number of piperidine rings is 1. The number of carbonyl (C=O) groups excluding carboxylic acids is 1. The Hall–Kier alpha value is -2.22. The molecule has 0 spiro atoms. The van der Waals surface area contributed by atoms with Crippen LogP contribution in [0.15, 0.2) is 47.2 Å². The van der Waals surface area contributed by atoms with Gasteiger partial charge < -0.3 is 16.0 Å². The van der Waals surface area contributed by atoms with Crippen molar-refractivity contribution in [1.29, 1.82) is 0 Å². The van der Waals surface area contributed by atoms with Crippen molar-refractivity contribution in [2.75, 3.05) is 23.3 Å². The molecule has 0 unspecified atom stereocenters. The number of amides is 1. The highest BCUT2D eigenvalue weighted by Gasteiger charge is 2.27. The Bertz CT molecular complexity index is 923. The van der Waals surface area contributed by atoms with E-state index in [2.05, 4.69) is 22.1 Å². The van der Waals surface area contributed by atoms with Gasteiger partial charge in [-0.15, -0.1) is 22.7 Å². The van der Waals surface area contributed by atoms with E-state index in [1.807, 2.05) is 47.2 Å². The highest BCUT2D eigenvalue weighted by Crippen LogP contribution is 2.31. The predicted octanol–water partition coefficient (Wildman–Crippen LogP) is 4.44. The second-order valence-electron chi connectivity index (χ2n) is 7.13. The lowest BCUT2D eigenvalue weighted by Crippen LogP contribution is -2.48. The Kier molecular flexibility index (Phi) is 4.99. The quantitative estimate of drug-likeness (QED) is 0.681. The summed E-state index contributed by atoms with van der Waals surface area (Å²) in [5.41, 5.74) is 8.45. The number of aromatic nitrogens is 1. The number of hydrogen-bond acceptors (Lipinski definition) is 6. The number of nitrogens with two attached hydrogens (primary N) is 1. The van der Waals surface area contributed by atoms with Crippen molar-refractivity contribution < 1.29 is 4.79 Å². The van der Waals surface area contributed by atoms with Crippen molar-refractivity contribution in [3.8, 4) is 9.88 Å². The molecule has 0 aliphatic carbocycles. The number of hydrogen-bond donors (Lipinski definition) is 2. The van der Waals surface area contributed by atoms with E-state index in [1.165, 1.54) is 11.3 Å². The lowest BCUT2D eigenvalue weighted by Gasteiger charge is -2.38. The monoisotopic (exact) mass is 398 g/mol. The number of benzene rings is 1. The number of anilines is 2. The van der Waals surface area contributed by atoms with Crippen molar-refractivity contribution in [1.82, 2.24) is 4.98 Å². The topological polar surface area (TPSA) is 71.2 Å². The Morgan fingerprint density at radius 3 is 2.70 bits per heavy atom. The molecule has 0 radical (unpaired) electrons. The van der Waals surface area contributed by atoms with Gasteiger partial charge in [0.05, 0.1) is 16.3 Å². The SMILES string of the molecule is CC1(N)CCN(c2ccccc2NC(=O)c2csc(-c3cccs3)n2)CC1. The number of nitrogens with zero attached hydrogens (tertiary/aromatic N) is 2. The Balaban J connectivity index is 1.51. The van der Waals surface area contributed by atoms with Crippen LogP contribution in [0, 0.1) is 0 Å². The summed E-state index contributed by atoms with van der Waals surface area (Å²) >= 11 is 3.12. The van der Waals surface area contributed by atoms with Crippen LogP contribution in [-0.4, -0.2) is 29.5 Å². The zero-order valence-electron chi connectivity index (χ0n) is 15.1. The van der Waals surface area contributed by atoms with Crippen LogP contribution in [0.25, 0.3) is 9.88 Å². The molecule has 3 heterocycles. The number of para-hydroxylation sites is 2. The summed E-state index contributed by atoms with van der Waals surface area (Å²) in [5.74, 6) is -0.179. The number of rotatable bonds is 4. The summed E-state index contributed by atoms with van der Waals surface area (Å²) in [6.45, 7) is 3.88. The van der Waals surface area contributed by atoms with E-state index >= 15 is 0 Å². The van der Waals surface area contributed by atoms with Gasteiger partial charge in [-0.3, -0.25) is 4.79 Å². The van der Waals surface area contributed by atoms with Gasteiger partial charge in [-0.1, -0.05) is 18.2 Å². The molecule has 140 valence electrons. The number of thiazole rings is 1. The van der Waals surface area contributed by atoms with E-state index in [1.54, 1.807) is 11.3 Å². The van der Waals surface area contributed by atoms with Crippen molar-refractivity contribution in [3.63, 3.8) is 0 Å². The zero-order chi connectivity index (χ0) is 18.9. The van der Waals surface area contributed by atoms with E-state index in [0.29, 0.717) is 5.69 Å². The molecule has 1 aromatic carbocycles. The van der Waals surface area contributed by atoms with Crippen molar-refractivity contribution >= 4 is 40.0 Å². The third kappa shape index (κ3) is 4.05. The fourth-order valence-electron chi connectivity index (χ4n) is 3.19. The zero-order valence-corrected chi connectivity index (χ0v) is 16.8. The molecule has 0 saturated carbocycles. The minimum absolute atomic E-state index is 0.104. The molecule has 1 amide bonds. The van der Waals surface area contributed by atoms with Gasteiger partial charge in [-0.2, -0.15) is 0 Å². The third-order valence-corrected chi connectivity index (χ3v) is 6.75. The van der Waals surface area contributed by atoms with Crippen LogP contribution in [0.5, 0.6) is 0 Å². The largest absolute Gasteiger partial charge is 0.370 e. The first-order valence-electron chi connectivity index (χ1n) is 8.95. The summed E-state index contributed by atoms with van der Waals surface area (Å²) < 4.78 is 0. The number of thiophene rings is 1. The molecule has 3 N–H and O–H groups in total. The van der Waals surface area contributed by atoms with Gasteiger partial charge in [0.1, 0.15) is 10.7 Å². The highest BCUT2D eigenvalue weighted by molar-refractivity contribution is 7.20. The molecule has 0 bridgehead atoms. The van der Waals surface area contributed by atoms with Crippen LogP contribution in [0.4, 0.5) is 11.4 Å². The van der Waals surface area contributed by atoms with Gasteiger partial charge in [-0.25, -0.2) is 4.98 Å². The lowest BCUT2D eigenvalue weighted by atomic mass is 9.90. The van der Waals surface area contributed by atoms with Gasteiger partial charge in [0, 0.05) is 24.0 Å². The van der Waals surface area contributed by atoms with E-state index < -0.39 is 0 Å². The average Bonchev–Trinajstić information content (AvgIpc) is 3.34. The molecular formula is C20H22N4OS2. The first-order chi connectivity index (χ1) is 13.0. The Morgan fingerprint density at radius 1 is 1.19 bits per heavy atom. The fourth-order valence-corrected chi connectivity index (χ4v) is 4.81. The predicted molar refractivity (Wildman–Crippen MR) is 114 cm³/mol. The molecule has 27 heavy (non-hydrogen) atoms. The molecule has 1 aliphatic heterocycles. The lowest BCUT2D eigenvalue weighted by molar-refractivity contribution is 0.102. The smallest absolute Gasteiger partial charge is 0.275 e. The maximum absolute atomic E-state index is 12.7. The van der Waals surface area contributed by atoms with Crippen LogP contribution in [0.2, 0.25) is 0 Å². The first kappa shape index (κ1) is 18.2. The second kappa shape index (κ2) is 7.42. The molecule has 5 nitrogen and oxygen atoms in total. The van der Waals surface area contributed by atoms with Gasteiger partial charge in [-0.05, 0) is 43.3 Å². The minimum atomic E-state index is -0.179. The summed E-state index contributed by atoms with van der Waals surface area (Å²) in [6.07, 6.45) is 1.87. The highest BCUT2D eigenvalue weighted by atomic mass is 32.1. The molecule has 0 atom stereocenters. The minimum Gasteiger partial charge on any atom is -0.370 e. The van der Waals surface area contributed by atoms with E-state index in [-0.39, 0.29) is 11.4 Å². The Morgan fingerprint density at radius 2 is 1.96 bits per heavy atom. The molecule has 4 rings (SSSR count). The van der Waals surface area contributed by atoms with E-state index in [4.69, 9.17) is 5.73 Å². The summed E-state index contributed by atoms with van der Waals surface area (Å²) in [4.78, 5) is 20.6. The standard InChI is InChI=1S/C20H22N4OS2/c1-20(21)8-10-24(11-9-20)16-6-3-2-5-14(16)22-18(25)15-13-27-19(23-15)17-7-4-12-26-17/h2-7,12-13H,8-11,21H2,1H3,(H,22,25). The van der Waals surface area contributed by atoms with Crippen LogP contribution in [-0.2, 0) is 0 Å². The average molecular weight is 399 g/mol. The van der Waals surface area contributed by atoms with Crippen LogP contribution >= 0.6 is 22.7 Å². The second-order valence-corrected chi connectivity index (χ2v) is 8.93. The number of carbonyl (C=O) groups is 1. The van der Waals surface area contributed by atoms with Crippen molar-refractivity contribution in [3.05, 3.63) is 52.9 Å². The van der Waals surface area contributed by atoms with Crippen molar-refractivity contribution in [2.24, 2.45) is 5.73 Å². The first-order valence-corrected chi connectivity index (χ1v) is 10.7. The molecular weight excluding hydrogens is 376 g/mol. The fraction of sp³-hybridized carbons (Fsp3) is 0.300. The molecule has 3 aromatic rings. The summed E-state index contributed by atoms with van der Waals surface area (Å²) in [5, 5.41) is 7.74. The third-order valence-electron chi connectivity index (χ3n) is 4.87. The molecule has 1 saturated heterocycles. The van der Waals surface area contributed by atoms with Gasteiger partial charge >= 0.3 is 0 Å². The van der Waals surface area contributed by atoms with Gasteiger partial charge in [0.15, 0.2) is 0 Å². The molecule has 1 aliphatic rings. The maximum Gasteiger partial charge on any atom is 0.275 e. The summed E-state index contributed by atoms with van der Waals surface area (Å²) in [6, 6.07) is 11.9. The Labute approximate surface area is 166 Å².